The lowest BCUT2D eigenvalue weighted by Gasteiger charge is -2.32. The normalized spacial score (nSPS) is 15.6. The van der Waals surface area contributed by atoms with E-state index >= 15 is 0 Å². The molecule has 2 aromatic heterocycles. The minimum Gasteiger partial charge on any atom is -0.375 e. The van der Waals surface area contributed by atoms with E-state index in [1.807, 2.05) is 0 Å². The third-order valence-corrected chi connectivity index (χ3v) is 5.49. The largest absolute Gasteiger partial charge is 0.375 e. The van der Waals surface area contributed by atoms with Crippen molar-refractivity contribution in [1.82, 2.24) is 14.8 Å². The van der Waals surface area contributed by atoms with Gasteiger partial charge in [-0.05, 0) is 18.6 Å². The number of carbonyl (C=O) groups excluding carboxylic acids is 1. The number of amides is 1. The summed E-state index contributed by atoms with van der Waals surface area (Å²) in [4.78, 5) is 19.2. The molecule has 1 fully saturated rings. The average molecular weight is 436 g/mol. The molecule has 3 heterocycles. The Kier molecular flexibility index (Phi) is 4.92. The van der Waals surface area contributed by atoms with Crippen molar-refractivity contribution >= 4 is 39.6 Å². The summed E-state index contributed by atoms with van der Waals surface area (Å²) in [6.45, 7) is 0.241. The summed E-state index contributed by atoms with van der Waals surface area (Å²) in [7, 11) is 1.52. The molecule has 1 amide bonds. The van der Waals surface area contributed by atoms with Crippen LogP contribution in [0.3, 0.4) is 0 Å². The lowest BCUT2D eigenvalue weighted by molar-refractivity contribution is -0.150. The number of nitrogens with zero attached hydrogens (tertiary/aromatic N) is 5. The van der Waals surface area contributed by atoms with Crippen molar-refractivity contribution in [2.75, 3.05) is 22.1 Å². The summed E-state index contributed by atoms with van der Waals surface area (Å²) in [5.74, 6) is -4.90. The van der Waals surface area contributed by atoms with E-state index in [-0.39, 0.29) is 35.3 Å². The number of halogens is 2. The zero-order valence-electron chi connectivity index (χ0n) is 15.8. The van der Waals surface area contributed by atoms with Crippen molar-refractivity contribution < 1.29 is 23.8 Å². The van der Waals surface area contributed by atoms with Crippen molar-refractivity contribution in [3.05, 3.63) is 47.1 Å². The van der Waals surface area contributed by atoms with Crippen LogP contribution in [0.5, 0.6) is 0 Å². The van der Waals surface area contributed by atoms with Gasteiger partial charge in [0.2, 0.25) is 5.91 Å². The second-order valence-electron chi connectivity index (χ2n) is 6.79. The molecule has 158 valence electrons. The molecule has 4 N–H and O–H groups in total. The lowest BCUT2D eigenvalue weighted by Crippen LogP contribution is -2.45. The molecule has 3 aromatic rings. The number of para-hydroxylation sites is 1. The predicted octanol–water partition coefficient (Wildman–Crippen LogP) is 1.95. The highest BCUT2D eigenvalue weighted by atomic mass is 32.1. The number of aromatic nitrogens is 3. The summed E-state index contributed by atoms with van der Waals surface area (Å²) >= 11 is 1.00. The van der Waals surface area contributed by atoms with Gasteiger partial charge in [0.05, 0.1) is 6.20 Å². The summed E-state index contributed by atoms with van der Waals surface area (Å²) in [5, 5.41) is 26.3. The highest BCUT2D eigenvalue weighted by Crippen LogP contribution is 2.41. The van der Waals surface area contributed by atoms with E-state index in [4.69, 9.17) is 5.73 Å². The van der Waals surface area contributed by atoms with Gasteiger partial charge in [0.25, 0.3) is 5.91 Å². The Hall–Kier alpha value is -3.09. The van der Waals surface area contributed by atoms with Gasteiger partial charge >= 0.3 is 0 Å². The van der Waals surface area contributed by atoms with E-state index < -0.39 is 29.1 Å². The first-order valence-corrected chi connectivity index (χ1v) is 9.82. The average Bonchev–Trinajstić information content (AvgIpc) is 3.36. The number of benzene rings is 1. The zero-order valence-corrected chi connectivity index (χ0v) is 16.6. The first-order chi connectivity index (χ1) is 14.2. The summed E-state index contributed by atoms with van der Waals surface area (Å²) in [5.41, 5.74) is 4.84. The Labute approximate surface area is 173 Å². The number of aliphatic hydroxyl groups is 2. The minimum atomic E-state index is -2.20. The Morgan fingerprint density at radius 3 is 2.60 bits per heavy atom. The predicted molar refractivity (Wildman–Crippen MR) is 106 cm³/mol. The van der Waals surface area contributed by atoms with Crippen molar-refractivity contribution in [1.29, 1.82) is 0 Å². The third kappa shape index (κ3) is 3.28. The molecule has 30 heavy (non-hydrogen) atoms. The highest BCUT2D eigenvalue weighted by Gasteiger charge is 2.42. The molecule has 0 spiro atoms. The molecule has 1 saturated heterocycles. The second kappa shape index (κ2) is 7.31. The second-order valence-corrected chi connectivity index (χ2v) is 7.68. The summed E-state index contributed by atoms with van der Waals surface area (Å²) in [6, 6.07) is 3.21. The Balaban J connectivity index is 1.93. The fraction of sp³-hybridized carbons (Fsp3) is 0.278. The fourth-order valence-electron chi connectivity index (χ4n) is 3.49. The van der Waals surface area contributed by atoms with Gasteiger partial charge in [-0.2, -0.15) is 5.10 Å². The number of aryl methyl sites for hydroxylation is 1. The topological polar surface area (TPSA) is 121 Å². The van der Waals surface area contributed by atoms with Crippen LogP contribution in [0.25, 0.3) is 0 Å². The first kappa shape index (κ1) is 20.2. The van der Waals surface area contributed by atoms with Crippen LogP contribution in [0.1, 0.15) is 23.3 Å². The van der Waals surface area contributed by atoms with E-state index in [0.29, 0.717) is 6.42 Å². The van der Waals surface area contributed by atoms with Crippen LogP contribution in [0.15, 0.2) is 29.8 Å². The van der Waals surface area contributed by atoms with E-state index in [9.17, 15) is 23.8 Å². The molecule has 0 unspecified atom stereocenters. The molecule has 1 aliphatic rings. The third-order valence-electron chi connectivity index (χ3n) is 4.82. The molecule has 0 saturated carbocycles. The van der Waals surface area contributed by atoms with E-state index in [1.54, 1.807) is 0 Å². The van der Waals surface area contributed by atoms with Crippen molar-refractivity contribution in [2.45, 2.75) is 18.8 Å². The van der Waals surface area contributed by atoms with Crippen LogP contribution in [0, 0.1) is 11.6 Å². The van der Waals surface area contributed by atoms with Crippen LogP contribution in [-0.4, -0.2) is 43.3 Å². The first-order valence-electron chi connectivity index (χ1n) is 8.94. The van der Waals surface area contributed by atoms with Crippen molar-refractivity contribution in [3.8, 4) is 0 Å². The van der Waals surface area contributed by atoms with Crippen LogP contribution >= 0.6 is 11.3 Å². The maximum absolute atomic E-state index is 14.7. The Morgan fingerprint density at radius 2 is 2.03 bits per heavy atom. The van der Waals surface area contributed by atoms with E-state index in [0.717, 1.165) is 28.4 Å². The lowest BCUT2D eigenvalue weighted by atomic mass is 10.2. The molecule has 1 aliphatic heterocycles. The molecular formula is C18H18F2N6O3S. The SMILES string of the molecule is Cn1ncc(N(C(=O)c2csc(N)n2)c2c(F)cccc2F)c1N1CCCC1(O)O. The smallest absolute Gasteiger partial charge is 0.282 e. The number of thiazole rings is 1. The van der Waals surface area contributed by atoms with E-state index in [1.165, 1.54) is 34.3 Å². The van der Waals surface area contributed by atoms with Gasteiger partial charge in [0, 0.05) is 25.4 Å². The molecule has 0 aliphatic carbocycles. The van der Waals surface area contributed by atoms with Gasteiger partial charge in [0.15, 0.2) is 10.9 Å². The van der Waals surface area contributed by atoms with Gasteiger partial charge in [0.1, 0.15) is 28.7 Å². The van der Waals surface area contributed by atoms with Crippen LogP contribution in [-0.2, 0) is 7.05 Å². The van der Waals surface area contributed by atoms with Crippen molar-refractivity contribution in [2.24, 2.45) is 7.05 Å². The highest BCUT2D eigenvalue weighted by molar-refractivity contribution is 7.13. The number of hydrogen-bond acceptors (Lipinski definition) is 8. The number of nitrogen functional groups attached to an aromatic ring is 1. The molecule has 0 bridgehead atoms. The molecule has 1 aromatic carbocycles. The molecule has 12 heteroatoms. The fourth-order valence-corrected chi connectivity index (χ4v) is 4.03. The van der Waals surface area contributed by atoms with Gasteiger partial charge in [-0.15, -0.1) is 11.3 Å². The monoisotopic (exact) mass is 436 g/mol. The maximum atomic E-state index is 14.7. The molecular weight excluding hydrogens is 418 g/mol. The molecule has 9 nitrogen and oxygen atoms in total. The molecule has 0 atom stereocenters. The van der Waals surface area contributed by atoms with Gasteiger partial charge in [-0.1, -0.05) is 6.07 Å². The van der Waals surface area contributed by atoms with Crippen molar-refractivity contribution in [3.63, 3.8) is 0 Å². The van der Waals surface area contributed by atoms with Crippen LogP contribution < -0.4 is 15.5 Å². The van der Waals surface area contributed by atoms with Crippen LogP contribution in [0.2, 0.25) is 0 Å². The zero-order chi connectivity index (χ0) is 21.6. The Bertz CT molecular complexity index is 1100. The standard InChI is InChI=1S/C18H18F2N6O3S/c1-24-15(25-7-3-6-18(25,28)29)13(8-22-24)26(14-10(19)4-2-5-11(14)20)16(27)12-9-30-17(21)23-12/h2,4-5,8-9,28-29H,3,6-7H2,1H3,(H2,21,23). The molecule has 0 radical (unpaired) electrons. The van der Waals surface area contributed by atoms with Gasteiger partial charge < -0.3 is 20.8 Å². The number of rotatable bonds is 4. The maximum Gasteiger partial charge on any atom is 0.282 e. The summed E-state index contributed by atoms with van der Waals surface area (Å²) in [6.07, 6.45) is 1.74. The van der Waals surface area contributed by atoms with Gasteiger partial charge in [-0.3, -0.25) is 14.4 Å². The number of hydrogen-bond donors (Lipinski definition) is 3. The van der Waals surface area contributed by atoms with Crippen LogP contribution in [0.4, 0.5) is 31.1 Å². The molecule has 4 rings (SSSR count). The quantitative estimate of drug-likeness (QED) is 0.535. The van der Waals surface area contributed by atoms with Gasteiger partial charge in [-0.25, -0.2) is 13.8 Å². The summed E-state index contributed by atoms with van der Waals surface area (Å²) < 4.78 is 30.7. The number of anilines is 4. The van der Waals surface area contributed by atoms with E-state index in [2.05, 4.69) is 10.1 Å². The number of nitrogens with two attached hydrogens (primary N) is 1. The minimum absolute atomic E-state index is 0.0348. The Morgan fingerprint density at radius 1 is 1.33 bits per heavy atom. The number of carbonyl (C=O) groups is 1.